The number of carboxylic acid groups (broad SMARTS) is 3. The highest BCUT2D eigenvalue weighted by molar-refractivity contribution is 7.54. The molecule has 10 nitrogen and oxygen atoms in total. The molecule has 0 aliphatic heterocycles. The highest BCUT2D eigenvalue weighted by Crippen LogP contribution is 2.53. The quantitative estimate of drug-likeness (QED) is 0.298. The zero-order chi connectivity index (χ0) is 14.0. The second kappa shape index (κ2) is 4.80. The molecule has 0 amide bonds. The molecule has 0 aromatic rings. The van der Waals surface area contributed by atoms with Gasteiger partial charge in [0, 0.05) is 0 Å². The van der Waals surface area contributed by atoms with Crippen LogP contribution in [0.5, 0.6) is 0 Å². The van der Waals surface area contributed by atoms with Crippen molar-refractivity contribution in [3.05, 3.63) is 0 Å². The van der Waals surface area contributed by atoms with E-state index < -0.39 is 43.2 Å². The molecule has 0 saturated heterocycles. The number of aliphatic carboxylic acids is 3. The summed E-state index contributed by atoms with van der Waals surface area (Å²) in [6.45, 7) is 0. The minimum atomic E-state index is -5.80. The number of hydrogen-bond donors (Lipinski definition) is 6. The van der Waals surface area contributed by atoms with Crippen molar-refractivity contribution in [1.82, 2.24) is 0 Å². The van der Waals surface area contributed by atoms with Gasteiger partial charge in [0.25, 0.3) is 5.34 Å². The van der Waals surface area contributed by atoms with Gasteiger partial charge in [-0.1, -0.05) is 0 Å². The Labute approximate surface area is 93.3 Å². The molecule has 2 atom stereocenters. The minimum Gasteiger partial charge on any atom is -0.481 e. The molecule has 0 aromatic heterocycles. The van der Waals surface area contributed by atoms with Gasteiger partial charge in [-0.25, -0.2) is 4.79 Å². The lowest BCUT2D eigenvalue weighted by Gasteiger charge is -2.28. The van der Waals surface area contributed by atoms with E-state index in [0.717, 1.165) is 0 Å². The van der Waals surface area contributed by atoms with Crippen LogP contribution >= 0.6 is 7.60 Å². The fourth-order valence-corrected chi connectivity index (χ4v) is 1.91. The maximum Gasteiger partial charge on any atom is 0.369 e. The van der Waals surface area contributed by atoms with Gasteiger partial charge in [0.05, 0.1) is 6.42 Å². The van der Waals surface area contributed by atoms with E-state index in [1.807, 2.05) is 0 Å². The van der Waals surface area contributed by atoms with Crippen molar-refractivity contribution >= 4 is 25.5 Å². The molecule has 0 bridgehead atoms. The Morgan fingerprint density at radius 1 is 1.12 bits per heavy atom. The summed E-state index contributed by atoms with van der Waals surface area (Å²) in [5.41, 5.74) is 0. The van der Waals surface area contributed by atoms with Crippen LogP contribution in [0.3, 0.4) is 0 Å². The number of hydrogen-bond acceptors (Lipinski definition) is 5. The van der Waals surface area contributed by atoms with Gasteiger partial charge in [0.15, 0.2) is 0 Å². The van der Waals surface area contributed by atoms with Gasteiger partial charge in [-0.05, 0) is 0 Å². The molecule has 2 unspecified atom stereocenters. The molecule has 0 heterocycles. The van der Waals surface area contributed by atoms with Crippen LogP contribution in [-0.2, 0) is 18.9 Å². The molecule has 0 radical (unpaired) electrons. The Hall–Kier alpha value is -1.48. The molecule has 0 aliphatic rings. The minimum absolute atomic E-state index is 1.46. The Morgan fingerprint density at radius 2 is 1.53 bits per heavy atom. The summed E-state index contributed by atoms with van der Waals surface area (Å²) in [6.07, 6.45) is -1.46. The van der Waals surface area contributed by atoms with E-state index in [4.69, 9.17) is 25.1 Å². The number of rotatable bonds is 6. The number of carbonyl (C=O) groups is 3. The summed E-state index contributed by atoms with van der Waals surface area (Å²) in [5, 5.41) is 30.7. The lowest BCUT2D eigenvalue weighted by atomic mass is 9.98. The smallest absolute Gasteiger partial charge is 0.369 e. The van der Waals surface area contributed by atoms with Crippen molar-refractivity contribution in [2.24, 2.45) is 5.92 Å². The van der Waals surface area contributed by atoms with Crippen molar-refractivity contribution in [3.8, 4) is 0 Å². The van der Waals surface area contributed by atoms with E-state index in [1.54, 1.807) is 0 Å². The van der Waals surface area contributed by atoms with Crippen molar-refractivity contribution in [2.75, 3.05) is 0 Å². The van der Waals surface area contributed by atoms with Crippen molar-refractivity contribution in [2.45, 2.75) is 11.8 Å². The van der Waals surface area contributed by atoms with E-state index in [-0.39, 0.29) is 0 Å². The third-order valence-corrected chi connectivity index (χ3v) is 3.31. The van der Waals surface area contributed by atoms with Crippen LogP contribution in [0.15, 0.2) is 0 Å². The molecule has 0 aliphatic carbocycles. The highest BCUT2D eigenvalue weighted by atomic mass is 31.2. The van der Waals surface area contributed by atoms with Gasteiger partial charge in [0.1, 0.15) is 5.92 Å². The molecular weight excluding hydrogens is 263 g/mol. The molecule has 0 spiro atoms. The fourth-order valence-electron chi connectivity index (χ4n) is 1.05. The zero-order valence-corrected chi connectivity index (χ0v) is 8.94. The molecule has 6 N–H and O–H groups in total. The van der Waals surface area contributed by atoms with Gasteiger partial charge in [0.2, 0.25) is 0 Å². The molecule has 0 rings (SSSR count). The summed E-state index contributed by atoms with van der Waals surface area (Å²) in [5.74, 6) is -9.18. The van der Waals surface area contributed by atoms with Crippen LogP contribution in [-0.4, -0.2) is 53.5 Å². The third-order valence-electron chi connectivity index (χ3n) is 1.92. The average Bonchev–Trinajstić information content (AvgIpc) is 2.09. The van der Waals surface area contributed by atoms with E-state index in [9.17, 15) is 24.1 Å². The van der Waals surface area contributed by atoms with Crippen LogP contribution in [0.2, 0.25) is 0 Å². The molecule has 0 aromatic carbocycles. The molecular formula is C6H9O10P. The Balaban J connectivity index is 5.72. The second-order valence-electron chi connectivity index (χ2n) is 3.06. The average molecular weight is 272 g/mol. The Bertz CT molecular complexity index is 396. The summed E-state index contributed by atoms with van der Waals surface area (Å²) >= 11 is 0. The lowest BCUT2D eigenvalue weighted by molar-refractivity contribution is -0.168. The summed E-state index contributed by atoms with van der Waals surface area (Å²) in [4.78, 5) is 48.8. The number of aliphatic hydroxyl groups is 1. The van der Waals surface area contributed by atoms with Crippen LogP contribution in [0.1, 0.15) is 6.42 Å². The summed E-state index contributed by atoms with van der Waals surface area (Å²) in [6, 6.07) is 0. The van der Waals surface area contributed by atoms with E-state index >= 15 is 0 Å². The van der Waals surface area contributed by atoms with Gasteiger partial charge in [-0.3, -0.25) is 14.2 Å². The second-order valence-corrected chi connectivity index (χ2v) is 4.83. The van der Waals surface area contributed by atoms with Gasteiger partial charge >= 0.3 is 25.5 Å². The Morgan fingerprint density at radius 3 is 1.71 bits per heavy atom. The van der Waals surface area contributed by atoms with Crippen LogP contribution < -0.4 is 0 Å². The topological polar surface area (TPSA) is 190 Å². The van der Waals surface area contributed by atoms with Crippen LogP contribution in [0.25, 0.3) is 0 Å². The fraction of sp³-hybridized carbons (Fsp3) is 0.500. The molecule has 17 heavy (non-hydrogen) atoms. The van der Waals surface area contributed by atoms with Gasteiger partial charge in [-0.2, -0.15) is 0 Å². The predicted molar refractivity (Wildman–Crippen MR) is 48.0 cm³/mol. The van der Waals surface area contributed by atoms with Crippen LogP contribution in [0, 0.1) is 5.92 Å². The van der Waals surface area contributed by atoms with Crippen molar-refractivity contribution in [3.63, 3.8) is 0 Å². The lowest BCUT2D eigenvalue weighted by Crippen LogP contribution is -2.49. The first-order chi connectivity index (χ1) is 7.44. The monoisotopic (exact) mass is 272 g/mol. The third kappa shape index (κ3) is 3.01. The highest BCUT2D eigenvalue weighted by Gasteiger charge is 2.61. The Kier molecular flexibility index (Phi) is 4.38. The van der Waals surface area contributed by atoms with E-state index in [0.29, 0.717) is 0 Å². The maximum atomic E-state index is 10.8. The predicted octanol–water partition coefficient (Wildman–Crippen LogP) is -1.89. The molecule has 11 heteroatoms. The van der Waals surface area contributed by atoms with E-state index in [2.05, 4.69) is 0 Å². The van der Waals surface area contributed by atoms with Crippen LogP contribution in [0.4, 0.5) is 0 Å². The van der Waals surface area contributed by atoms with Crippen molar-refractivity contribution in [1.29, 1.82) is 0 Å². The number of carboxylic acids is 3. The zero-order valence-electron chi connectivity index (χ0n) is 8.05. The van der Waals surface area contributed by atoms with Gasteiger partial charge < -0.3 is 30.2 Å². The summed E-state index contributed by atoms with van der Waals surface area (Å²) < 4.78 is 10.8. The molecule has 0 fully saturated rings. The normalized spacial score (nSPS) is 16.9. The largest absolute Gasteiger partial charge is 0.481 e. The SMILES string of the molecule is O=C(O)CC(C(=O)O)C(O)(C(=O)O)P(=O)(O)O. The van der Waals surface area contributed by atoms with Gasteiger partial charge in [-0.15, -0.1) is 0 Å². The molecule has 0 saturated carbocycles. The van der Waals surface area contributed by atoms with E-state index in [1.165, 1.54) is 0 Å². The standard InChI is InChI=1S/C6H9O10P/c7-3(8)1-2(4(9)10)6(13,5(11)12)17(14,15)16/h2,13H,1H2,(H,7,8)(H,9,10)(H,11,12)(H2,14,15,16). The van der Waals surface area contributed by atoms with Crippen molar-refractivity contribution < 1.29 is 49.2 Å². The first kappa shape index (κ1) is 15.5. The molecule has 98 valence electrons. The maximum absolute atomic E-state index is 10.8. The summed E-state index contributed by atoms with van der Waals surface area (Å²) in [7, 11) is -5.80. The first-order valence-electron chi connectivity index (χ1n) is 3.90. The first-order valence-corrected chi connectivity index (χ1v) is 5.51.